The second-order valence-corrected chi connectivity index (χ2v) is 4.39. The zero-order valence-corrected chi connectivity index (χ0v) is 9.78. The summed E-state index contributed by atoms with van der Waals surface area (Å²) in [6.07, 6.45) is -1.09. The van der Waals surface area contributed by atoms with Gasteiger partial charge in [-0.15, -0.1) is 0 Å². The predicted molar refractivity (Wildman–Crippen MR) is 56.1 cm³/mol. The summed E-state index contributed by atoms with van der Waals surface area (Å²) >= 11 is 0. The molecule has 15 heavy (non-hydrogen) atoms. The van der Waals surface area contributed by atoms with Crippen molar-refractivity contribution in [2.24, 2.45) is 5.73 Å². The molecule has 0 amide bonds. The Morgan fingerprint density at radius 2 is 1.87 bits per heavy atom. The Hall–Kier alpha value is -1.14. The van der Waals surface area contributed by atoms with Gasteiger partial charge in [-0.1, -0.05) is 0 Å². The van der Waals surface area contributed by atoms with Gasteiger partial charge in [0.05, 0.1) is 27.0 Å². The van der Waals surface area contributed by atoms with E-state index in [4.69, 9.17) is 16.2 Å². The summed E-state index contributed by atoms with van der Waals surface area (Å²) in [7, 11) is 5.66. The first-order chi connectivity index (χ1) is 6.54. The summed E-state index contributed by atoms with van der Waals surface area (Å²) in [5.74, 6) is -1.04. The van der Waals surface area contributed by atoms with Gasteiger partial charge in [0.1, 0.15) is 12.6 Å². The molecule has 0 aliphatic rings. The van der Waals surface area contributed by atoms with Gasteiger partial charge in [-0.05, 0) is 6.92 Å². The van der Waals surface area contributed by atoms with Crippen LogP contribution in [-0.4, -0.2) is 55.2 Å². The lowest BCUT2D eigenvalue weighted by molar-refractivity contribution is -0.873. The molecule has 0 radical (unpaired) electrons. The molecule has 0 unspecified atom stereocenters. The lowest BCUT2D eigenvalue weighted by Gasteiger charge is -2.26. The normalized spacial score (nSPS) is 12.3. The van der Waals surface area contributed by atoms with Crippen LogP contribution in [-0.2, 0) is 4.79 Å². The molecule has 0 aliphatic carbocycles. The number of nitrogens with zero attached hydrogens (tertiary/aromatic N) is 1. The third kappa shape index (κ3) is 24.6. The van der Waals surface area contributed by atoms with Crippen LogP contribution in [0.4, 0.5) is 0 Å². The predicted octanol–water partition coefficient (Wildman–Crippen LogP) is -1.86. The van der Waals surface area contributed by atoms with Crippen molar-refractivity contribution in [3.8, 4) is 0 Å². The van der Waals surface area contributed by atoms with Crippen molar-refractivity contribution in [2.45, 2.75) is 19.4 Å². The van der Waals surface area contributed by atoms with E-state index in [0.717, 1.165) is 0 Å². The number of nitrogens with one attached hydrogen (secondary N) is 1. The highest BCUT2D eigenvalue weighted by Crippen LogP contribution is 1.97. The molecule has 1 atom stereocenters. The van der Waals surface area contributed by atoms with E-state index in [2.05, 4.69) is 0 Å². The fourth-order valence-corrected chi connectivity index (χ4v) is 0.889. The number of quaternary nitrogens is 1. The molecular formula is C9H21N3O3. The van der Waals surface area contributed by atoms with E-state index in [-0.39, 0.29) is 12.3 Å². The molecule has 0 saturated heterocycles. The number of likely N-dealkylation sites (N-methyl/N-ethyl adjacent to an activating group) is 1. The number of carbonyl (C=O) groups is 1. The van der Waals surface area contributed by atoms with Crippen LogP contribution in [0.1, 0.15) is 13.3 Å². The summed E-state index contributed by atoms with van der Waals surface area (Å²) in [6.45, 7) is 1.95. The summed E-state index contributed by atoms with van der Waals surface area (Å²) < 4.78 is 0.550. The number of carbonyl (C=O) groups excluding carboxylic acids is 1. The maximum absolute atomic E-state index is 10.0. The standard InChI is InChI=1S/C7H15NO3.C2H6N2/c1-8(2,3)5-6(9)4-7(10)11;1-2(3)4/h6,9H,4-5H2,1-3H3;1H3,(H3,3,4)/t6-;/m1./s1. The van der Waals surface area contributed by atoms with E-state index >= 15 is 0 Å². The lowest BCUT2D eigenvalue weighted by Crippen LogP contribution is -2.43. The Bertz CT molecular complexity index is 207. The Kier molecular flexibility index (Phi) is 7.81. The molecule has 0 bridgehead atoms. The highest BCUT2D eigenvalue weighted by Gasteiger charge is 2.14. The number of nitrogens with two attached hydrogens (primary N) is 1. The molecule has 0 aliphatic heterocycles. The Morgan fingerprint density at radius 1 is 1.53 bits per heavy atom. The second kappa shape index (κ2) is 7.19. The monoisotopic (exact) mass is 219 g/mol. The maximum atomic E-state index is 10.0. The number of hydrogen-bond acceptors (Lipinski definition) is 4. The number of rotatable bonds is 4. The number of carboxylic acid groups (broad SMARTS) is 1. The minimum absolute atomic E-state index is 0.167. The first-order valence-corrected chi connectivity index (χ1v) is 4.53. The molecule has 6 heteroatoms. The van der Waals surface area contributed by atoms with Crippen molar-refractivity contribution in [1.29, 1.82) is 5.41 Å². The zero-order chi connectivity index (χ0) is 12.6. The number of carboxylic acids is 1. The van der Waals surface area contributed by atoms with Gasteiger partial charge in [-0.2, -0.15) is 0 Å². The molecule has 0 fully saturated rings. The smallest absolute Gasteiger partial charge is 0.108 e. The van der Waals surface area contributed by atoms with Crippen molar-refractivity contribution in [2.75, 3.05) is 27.7 Å². The molecular weight excluding hydrogens is 198 g/mol. The zero-order valence-electron chi connectivity index (χ0n) is 9.78. The second-order valence-electron chi connectivity index (χ2n) is 4.39. The highest BCUT2D eigenvalue weighted by molar-refractivity contribution is 5.73. The van der Waals surface area contributed by atoms with E-state index in [1.54, 1.807) is 0 Å². The number of amidine groups is 1. The Labute approximate surface area is 90.4 Å². The molecule has 0 spiro atoms. The van der Waals surface area contributed by atoms with Gasteiger partial charge in [-0.3, -0.25) is 5.41 Å². The summed E-state index contributed by atoms with van der Waals surface area (Å²) in [4.78, 5) is 10.0. The number of aliphatic hydroxyl groups excluding tert-OH is 1. The minimum Gasteiger partial charge on any atom is -0.550 e. The van der Waals surface area contributed by atoms with Gasteiger partial charge in [-0.25, -0.2) is 0 Å². The van der Waals surface area contributed by atoms with E-state index < -0.39 is 12.1 Å². The van der Waals surface area contributed by atoms with Crippen LogP contribution in [0.25, 0.3) is 0 Å². The van der Waals surface area contributed by atoms with Gasteiger partial charge in [0.2, 0.25) is 0 Å². The molecule has 0 aromatic heterocycles. The van der Waals surface area contributed by atoms with E-state index in [0.29, 0.717) is 11.0 Å². The van der Waals surface area contributed by atoms with E-state index in [9.17, 15) is 9.90 Å². The topological polar surface area (TPSA) is 110 Å². The molecule has 0 saturated carbocycles. The van der Waals surface area contributed by atoms with Crippen LogP contribution in [0, 0.1) is 5.41 Å². The van der Waals surface area contributed by atoms with Crippen LogP contribution >= 0.6 is 0 Å². The van der Waals surface area contributed by atoms with Crippen molar-refractivity contribution in [3.05, 3.63) is 0 Å². The van der Waals surface area contributed by atoms with Crippen molar-refractivity contribution >= 4 is 11.8 Å². The molecule has 0 rings (SSSR count). The third-order valence-electron chi connectivity index (χ3n) is 1.16. The van der Waals surface area contributed by atoms with Crippen LogP contribution < -0.4 is 10.8 Å². The van der Waals surface area contributed by atoms with Gasteiger partial charge in [0.15, 0.2) is 0 Å². The van der Waals surface area contributed by atoms with Gasteiger partial charge < -0.3 is 25.2 Å². The molecule has 0 heterocycles. The fourth-order valence-electron chi connectivity index (χ4n) is 0.889. The van der Waals surface area contributed by atoms with Crippen molar-refractivity contribution < 1.29 is 19.5 Å². The van der Waals surface area contributed by atoms with Crippen molar-refractivity contribution in [1.82, 2.24) is 0 Å². The molecule has 6 nitrogen and oxygen atoms in total. The van der Waals surface area contributed by atoms with Crippen LogP contribution in [0.15, 0.2) is 0 Å². The quantitative estimate of drug-likeness (QED) is 0.292. The SMILES string of the molecule is CC(=N)N.C[N+](C)(C)C[C@H](O)CC(=O)[O-]. The lowest BCUT2D eigenvalue weighted by atomic mass is 10.2. The first-order valence-electron chi connectivity index (χ1n) is 4.53. The highest BCUT2D eigenvalue weighted by atomic mass is 16.4. The van der Waals surface area contributed by atoms with Gasteiger partial charge in [0.25, 0.3) is 0 Å². The minimum atomic E-state index is -1.20. The number of aliphatic hydroxyl groups is 1. The maximum Gasteiger partial charge on any atom is 0.108 e. The largest absolute Gasteiger partial charge is 0.550 e. The van der Waals surface area contributed by atoms with E-state index in [1.807, 2.05) is 21.1 Å². The molecule has 0 aromatic carbocycles. The summed E-state index contributed by atoms with van der Waals surface area (Å²) in [6, 6.07) is 0. The van der Waals surface area contributed by atoms with Crippen LogP contribution in [0.2, 0.25) is 0 Å². The average molecular weight is 219 g/mol. The Morgan fingerprint density at radius 3 is 2.07 bits per heavy atom. The summed E-state index contributed by atoms with van der Waals surface area (Å²) in [5, 5.41) is 25.4. The summed E-state index contributed by atoms with van der Waals surface area (Å²) in [5.41, 5.74) is 4.69. The van der Waals surface area contributed by atoms with E-state index in [1.165, 1.54) is 6.92 Å². The molecule has 4 N–H and O–H groups in total. The number of hydrogen-bond donors (Lipinski definition) is 3. The van der Waals surface area contributed by atoms with Crippen LogP contribution in [0.5, 0.6) is 0 Å². The Balaban J connectivity index is 0. The number of aliphatic carboxylic acids is 1. The van der Waals surface area contributed by atoms with Crippen LogP contribution in [0.3, 0.4) is 0 Å². The third-order valence-corrected chi connectivity index (χ3v) is 1.16. The molecule has 90 valence electrons. The average Bonchev–Trinajstić information content (AvgIpc) is 1.76. The van der Waals surface area contributed by atoms with Crippen molar-refractivity contribution in [3.63, 3.8) is 0 Å². The van der Waals surface area contributed by atoms with Gasteiger partial charge in [0, 0.05) is 12.4 Å². The first kappa shape index (κ1) is 16.3. The van der Waals surface area contributed by atoms with Gasteiger partial charge >= 0.3 is 0 Å². The molecule has 0 aromatic rings. The fraction of sp³-hybridized carbons (Fsp3) is 0.778.